The Morgan fingerprint density at radius 1 is 1.37 bits per heavy atom. The molecule has 19 heavy (non-hydrogen) atoms. The highest BCUT2D eigenvalue weighted by Gasteiger charge is 2.46. The second-order valence-electron chi connectivity index (χ2n) is 5.20. The number of likely N-dealkylation sites (tertiary alicyclic amines) is 1. The van der Waals surface area contributed by atoms with Gasteiger partial charge in [-0.15, -0.1) is 0 Å². The molecule has 6 nitrogen and oxygen atoms in total. The third kappa shape index (κ3) is 2.08. The smallest absolute Gasteiger partial charge is 0.269 e. The van der Waals surface area contributed by atoms with Gasteiger partial charge in [0.2, 0.25) is 5.91 Å². The standard InChI is InChI=1S/C13H15N3O3/c14-11-7-12(17)15(9-4-5-9)13(11)8-2-1-3-10(6-8)16(18)19/h1-3,6,9,11,13H,4-5,7,14H2. The van der Waals surface area contributed by atoms with Crippen LogP contribution in [0.25, 0.3) is 0 Å². The predicted molar refractivity (Wildman–Crippen MR) is 68.3 cm³/mol. The van der Waals surface area contributed by atoms with E-state index in [0.29, 0.717) is 6.42 Å². The van der Waals surface area contributed by atoms with E-state index in [2.05, 4.69) is 0 Å². The van der Waals surface area contributed by atoms with Gasteiger partial charge in [0.1, 0.15) is 0 Å². The van der Waals surface area contributed by atoms with E-state index >= 15 is 0 Å². The lowest BCUT2D eigenvalue weighted by Crippen LogP contribution is -2.34. The molecule has 1 saturated heterocycles. The molecule has 1 aromatic rings. The molecular formula is C13H15N3O3. The molecular weight excluding hydrogens is 246 g/mol. The van der Waals surface area contributed by atoms with Gasteiger partial charge >= 0.3 is 0 Å². The van der Waals surface area contributed by atoms with Gasteiger partial charge in [0.05, 0.1) is 11.0 Å². The summed E-state index contributed by atoms with van der Waals surface area (Å²) in [5.41, 5.74) is 6.86. The SMILES string of the molecule is NC1CC(=O)N(C2CC2)C1c1cccc([N+](=O)[O-])c1. The minimum Gasteiger partial charge on any atom is -0.331 e. The quantitative estimate of drug-likeness (QED) is 0.657. The van der Waals surface area contributed by atoms with Gasteiger partial charge < -0.3 is 10.6 Å². The predicted octanol–water partition coefficient (Wildman–Crippen LogP) is 1.36. The Hall–Kier alpha value is -1.95. The summed E-state index contributed by atoms with van der Waals surface area (Å²) in [6.07, 6.45) is 2.33. The highest BCUT2D eigenvalue weighted by molar-refractivity contribution is 5.81. The minimum absolute atomic E-state index is 0.0415. The van der Waals surface area contributed by atoms with Crippen molar-refractivity contribution in [3.8, 4) is 0 Å². The van der Waals surface area contributed by atoms with Crippen LogP contribution in [0.1, 0.15) is 30.9 Å². The van der Waals surface area contributed by atoms with Crippen molar-refractivity contribution in [3.05, 3.63) is 39.9 Å². The van der Waals surface area contributed by atoms with Crippen LogP contribution in [0.3, 0.4) is 0 Å². The van der Waals surface area contributed by atoms with Gasteiger partial charge in [-0.25, -0.2) is 0 Å². The van der Waals surface area contributed by atoms with Gasteiger partial charge in [0, 0.05) is 30.6 Å². The monoisotopic (exact) mass is 261 g/mol. The average molecular weight is 261 g/mol. The second-order valence-corrected chi connectivity index (χ2v) is 5.20. The van der Waals surface area contributed by atoms with E-state index in [0.717, 1.165) is 18.4 Å². The second kappa shape index (κ2) is 4.31. The van der Waals surface area contributed by atoms with E-state index in [1.807, 2.05) is 11.0 Å². The lowest BCUT2D eigenvalue weighted by atomic mass is 10.00. The fourth-order valence-corrected chi connectivity index (χ4v) is 2.79. The summed E-state index contributed by atoms with van der Waals surface area (Å²) < 4.78 is 0. The molecule has 0 bridgehead atoms. The minimum atomic E-state index is -0.423. The third-order valence-electron chi connectivity index (χ3n) is 3.77. The van der Waals surface area contributed by atoms with E-state index in [4.69, 9.17) is 5.73 Å². The van der Waals surface area contributed by atoms with E-state index in [1.54, 1.807) is 6.07 Å². The molecule has 2 aliphatic rings. The van der Waals surface area contributed by atoms with Crippen LogP contribution in [0.15, 0.2) is 24.3 Å². The van der Waals surface area contributed by atoms with Crippen molar-refractivity contribution >= 4 is 11.6 Å². The van der Waals surface area contributed by atoms with Crippen LogP contribution < -0.4 is 5.73 Å². The molecule has 0 aromatic heterocycles. The number of nitrogens with two attached hydrogens (primary N) is 1. The molecule has 1 heterocycles. The third-order valence-corrected chi connectivity index (χ3v) is 3.77. The van der Waals surface area contributed by atoms with Crippen molar-refractivity contribution in [2.45, 2.75) is 37.4 Å². The zero-order chi connectivity index (χ0) is 13.6. The molecule has 3 rings (SSSR count). The van der Waals surface area contributed by atoms with Gasteiger partial charge in [0.25, 0.3) is 5.69 Å². The van der Waals surface area contributed by atoms with Crippen molar-refractivity contribution in [2.24, 2.45) is 5.73 Å². The van der Waals surface area contributed by atoms with Gasteiger partial charge in [-0.3, -0.25) is 14.9 Å². The van der Waals surface area contributed by atoms with Crippen LogP contribution >= 0.6 is 0 Å². The van der Waals surface area contributed by atoms with Crippen molar-refractivity contribution in [1.29, 1.82) is 0 Å². The summed E-state index contributed by atoms with van der Waals surface area (Å²) in [4.78, 5) is 24.2. The van der Waals surface area contributed by atoms with Crippen LogP contribution in [0.2, 0.25) is 0 Å². The molecule has 1 amide bonds. The van der Waals surface area contributed by atoms with E-state index < -0.39 is 4.92 Å². The van der Waals surface area contributed by atoms with Crippen LogP contribution in [0.5, 0.6) is 0 Å². The summed E-state index contributed by atoms with van der Waals surface area (Å²) in [6.45, 7) is 0. The number of nitro groups is 1. The zero-order valence-electron chi connectivity index (χ0n) is 10.4. The first-order valence-corrected chi connectivity index (χ1v) is 6.39. The van der Waals surface area contributed by atoms with Crippen molar-refractivity contribution < 1.29 is 9.72 Å². The number of hydrogen-bond acceptors (Lipinski definition) is 4. The van der Waals surface area contributed by atoms with Crippen LogP contribution in [0, 0.1) is 10.1 Å². The molecule has 1 saturated carbocycles. The number of carbonyl (C=O) groups excluding carboxylic acids is 1. The Labute approximate surface area is 110 Å². The van der Waals surface area contributed by atoms with E-state index in [1.165, 1.54) is 12.1 Å². The lowest BCUT2D eigenvalue weighted by molar-refractivity contribution is -0.385. The number of carbonyl (C=O) groups is 1. The molecule has 2 atom stereocenters. The normalized spacial score (nSPS) is 26.8. The summed E-state index contributed by atoms with van der Waals surface area (Å²) in [6, 6.07) is 6.20. The first-order valence-electron chi connectivity index (χ1n) is 6.39. The number of rotatable bonds is 3. The number of amides is 1. The summed E-state index contributed by atoms with van der Waals surface area (Å²) >= 11 is 0. The number of non-ortho nitro benzene ring substituents is 1. The Balaban J connectivity index is 1.97. The van der Waals surface area contributed by atoms with Gasteiger partial charge in [0.15, 0.2) is 0 Å². The first kappa shape index (κ1) is 12.1. The van der Waals surface area contributed by atoms with Crippen molar-refractivity contribution in [3.63, 3.8) is 0 Å². The Morgan fingerprint density at radius 3 is 2.74 bits per heavy atom. The van der Waals surface area contributed by atoms with Crippen LogP contribution in [0.4, 0.5) is 5.69 Å². The first-order chi connectivity index (χ1) is 9.08. The Kier molecular flexibility index (Phi) is 2.74. The number of benzene rings is 1. The number of hydrogen-bond donors (Lipinski definition) is 1. The van der Waals surface area contributed by atoms with Gasteiger partial charge in [-0.2, -0.15) is 0 Å². The molecule has 2 N–H and O–H groups in total. The summed E-state index contributed by atoms with van der Waals surface area (Å²) in [5, 5.41) is 10.8. The highest BCUT2D eigenvalue weighted by atomic mass is 16.6. The summed E-state index contributed by atoms with van der Waals surface area (Å²) in [5.74, 6) is 0.0616. The van der Waals surface area contributed by atoms with Gasteiger partial charge in [-0.05, 0) is 18.4 Å². The zero-order valence-corrected chi connectivity index (χ0v) is 10.4. The molecule has 1 aromatic carbocycles. The topological polar surface area (TPSA) is 89.5 Å². The van der Waals surface area contributed by atoms with Crippen molar-refractivity contribution in [2.75, 3.05) is 0 Å². The Bertz CT molecular complexity index is 542. The van der Waals surface area contributed by atoms with E-state index in [-0.39, 0.29) is 29.7 Å². The van der Waals surface area contributed by atoms with E-state index in [9.17, 15) is 14.9 Å². The largest absolute Gasteiger partial charge is 0.331 e. The van der Waals surface area contributed by atoms with Gasteiger partial charge in [-0.1, -0.05) is 12.1 Å². The van der Waals surface area contributed by atoms with Crippen LogP contribution in [-0.4, -0.2) is 27.8 Å². The highest BCUT2D eigenvalue weighted by Crippen LogP contribution is 2.41. The molecule has 100 valence electrons. The van der Waals surface area contributed by atoms with Crippen LogP contribution in [-0.2, 0) is 4.79 Å². The number of nitro benzene ring substituents is 1. The molecule has 1 aliphatic carbocycles. The maximum Gasteiger partial charge on any atom is 0.269 e. The molecule has 1 aliphatic heterocycles. The summed E-state index contributed by atoms with van der Waals surface area (Å²) in [7, 11) is 0. The molecule has 2 fully saturated rings. The molecule has 0 radical (unpaired) electrons. The molecule has 2 unspecified atom stereocenters. The fourth-order valence-electron chi connectivity index (χ4n) is 2.79. The number of nitrogens with zero attached hydrogens (tertiary/aromatic N) is 2. The average Bonchev–Trinajstić information content (AvgIpc) is 3.15. The lowest BCUT2D eigenvalue weighted by Gasteiger charge is -2.27. The Morgan fingerprint density at radius 2 is 2.11 bits per heavy atom. The maximum atomic E-state index is 12.0. The maximum absolute atomic E-state index is 12.0. The molecule has 0 spiro atoms. The van der Waals surface area contributed by atoms with Crippen molar-refractivity contribution in [1.82, 2.24) is 4.90 Å². The molecule has 6 heteroatoms. The fraction of sp³-hybridized carbons (Fsp3) is 0.462.